The second-order valence-corrected chi connectivity index (χ2v) is 11.7. The number of para-hydroxylation sites is 1. The van der Waals surface area contributed by atoms with E-state index >= 15 is 0 Å². The van der Waals surface area contributed by atoms with Crippen molar-refractivity contribution < 1.29 is 17.6 Å². The first-order valence-corrected chi connectivity index (χ1v) is 14.1. The summed E-state index contributed by atoms with van der Waals surface area (Å²) in [7, 11) is -1.14. The second kappa shape index (κ2) is 11.4. The van der Waals surface area contributed by atoms with Crippen LogP contribution in [-0.2, 0) is 29.6 Å². The minimum Gasteiger partial charge on any atom is -0.345 e. The Labute approximate surface area is 219 Å². The van der Waals surface area contributed by atoms with Crippen LogP contribution in [0.1, 0.15) is 64.8 Å². The molecule has 0 unspecified atom stereocenters. The van der Waals surface area contributed by atoms with Gasteiger partial charge in [0.1, 0.15) is 5.82 Å². The van der Waals surface area contributed by atoms with Crippen LogP contribution in [-0.4, -0.2) is 32.7 Å². The average molecular weight is 524 g/mol. The third-order valence-corrected chi connectivity index (χ3v) is 8.70. The van der Waals surface area contributed by atoms with Crippen LogP contribution in [0.2, 0.25) is 0 Å². The van der Waals surface area contributed by atoms with Crippen molar-refractivity contribution in [2.45, 2.75) is 51.6 Å². The summed E-state index contributed by atoms with van der Waals surface area (Å²) < 4.78 is 42.5. The van der Waals surface area contributed by atoms with Gasteiger partial charge in [-0.05, 0) is 78.6 Å². The first-order valence-electron chi connectivity index (χ1n) is 12.7. The molecular formula is C29H34FN3O3S. The minimum atomic E-state index is -3.95. The van der Waals surface area contributed by atoms with Gasteiger partial charge in [-0.2, -0.15) is 12.7 Å². The van der Waals surface area contributed by atoms with Crippen LogP contribution >= 0.6 is 0 Å². The van der Waals surface area contributed by atoms with Gasteiger partial charge < -0.3 is 5.32 Å². The molecule has 0 heterocycles. The molecule has 0 spiro atoms. The molecule has 8 heteroatoms. The number of rotatable bonds is 9. The van der Waals surface area contributed by atoms with Gasteiger partial charge in [0.2, 0.25) is 0 Å². The van der Waals surface area contributed by atoms with Crippen molar-refractivity contribution in [3.05, 3.63) is 100 Å². The molecule has 0 fully saturated rings. The highest BCUT2D eigenvalue weighted by Gasteiger charge is 2.27. The topological polar surface area (TPSA) is 69.7 Å². The monoisotopic (exact) mass is 523 g/mol. The summed E-state index contributed by atoms with van der Waals surface area (Å²) in [6.45, 7) is 1.98. The molecule has 1 N–H and O–H groups in total. The largest absolute Gasteiger partial charge is 0.345 e. The highest BCUT2D eigenvalue weighted by molar-refractivity contribution is 7.90. The third kappa shape index (κ3) is 6.02. The molecular weight excluding hydrogens is 489 g/mol. The lowest BCUT2D eigenvalue weighted by atomic mass is 9.88. The molecule has 4 rings (SSSR count). The maximum atomic E-state index is 14.5. The fourth-order valence-corrected chi connectivity index (χ4v) is 5.81. The molecule has 3 aromatic carbocycles. The van der Waals surface area contributed by atoms with Gasteiger partial charge in [0, 0.05) is 19.7 Å². The lowest BCUT2D eigenvalue weighted by molar-refractivity contribution is 0.0935. The van der Waals surface area contributed by atoms with Gasteiger partial charge in [-0.15, -0.1) is 0 Å². The van der Waals surface area contributed by atoms with Gasteiger partial charge in [-0.1, -0.05) is 49.4 Å². The van der Waals surface area contributed by atoms with Crippen molar-refractivity contribution in [3.63, 3.8) is 0 Å². The molecule has 1 aliphatic carbocycles. The predicted molar refractivity (Wildman–Crippen MR) is 145 cm³/mol. The Kier molecular flexibility index (Phi) is 8.29. The number of amides is 1. The molecule has 1 aliphatic rings. The van der Waals surface area contributed by atoms with Crippen molar-refractivity contribution >= 4 is 21.8 Å². The SMILES string of the molecule is CC[C@@H](NC(=O)c1ccc(CN(c2ccccc2F)S(=O)(=O)N(C)C)cc1)c1ccc2c(c1)CCCC2. The van der Waals surface area contributed by atoms with Crippen molar-refractivity contribution in [1.29, 1.82) is 0 Å². The molecule has 0 saturated carbocycles. The summed E-state index contributed by atoms with van der Waals surface area (Å²) in [6, 6.07) is 19.0. The van der Waals surface area contributed by atoms with Crippen LogP contribution in [0.3, 0.4) is 0 Å². The Hall–Kier alpha value is -3.23. The number of hydrogen-bond donors (Lipinski definition) is 1. The fraction of sp³-hybridized carbons (Fsp3) is 0.345. The Morgan fingerprint density at radius 2 is 1.65 bits per heavy atom. The number of benzene rings is 3. The summed E-state index contributed by atoms with van der Waals surface area (Å²) in [5, 5.41) is 3.14. The Morgan fingerprint density at radius 1 is 0.973 bits per heavy atom. The summed E-state index contributed by atoms with van der Waals surface area (Å²) in [4.78, 5) is 13.1. The van der Waals surface area contributed by atoms with E-state index in [9.17, 15) is 17.6 Å². The van der Waals surface area contributed by atoms with Crippen molar-refractivity contribution in [1.82, 2.24) is 9.62 Å². The smallest absolute Gasteiger partial charge is 0.303 e. The van der Waals surface area contributed by atoms with E-state index in [4.69, 9.17) is 0 Å². The van der Waals surface area contributed by atoms with Crippen LogP contribution < -0.4 is 9.62 Å². The molecule has 0 bridgehead atoms. The van der Waals surface area contributed by atoms with Gasteiger partial charge in [0.25, 0.3) is 5.91 Å². The predicted octanol–water partition coefficient (Wildman–Crippen LogP) is 5.40. The normalized spacial score (nSPS) is 14.2. The van der Waals surface area contributed by atoms with Crippen molar-refractivity contribution in [3.8, 4) is 0 Å². The zero-order valence-electron chi connectivity index (χ0n) is 21.6. The number of halogens is 1. The average Bonchev–Trinajstić information content (AvgIpc) is 2.90. The summed E-state index contributed by atoms with van der Waals surface area (Å²) in [6.07, 6.45) is 5.41. The Morgan fingerprint density at radius 3 is 2.30 bits per heavy atom. The second-order valence-electron chi connectivity index (χ2n) is 9.61. The number of carbonyl (C=O) groups is 1. The molecule has 6 nitrogen and oxygen atoms in total. The van der Waals surface area contributed by atoms with E-state index in [1.54, 1.807) is 30.3 Å². The van der Waals surface area contributed by atoms with Gasteiger partial charge in [0.05, 0.1) is 18.3 Å². The molecule has 1 amide bonds. The maximum absolute atomic E-state index is 14.5. The Bertz CT molecular complexity index is 1360. The van der Waals surface area contributed by atoms with E-state index in [1.165, 1.54) is 56.3 Å². The van der Waals surface area contributed by atoms with E-state index in [2.05, 4.69) is 30.4 Å². The van der Waals surface area contributed by atoms with Gasteiger partial charge >= 0.3 is 10.2 Å². The van der Waals surface area contributed by atoms with Gasteiger partial charge in [0.15, 0.2) is 0 Å². The lowest BCUT2D eigenvalue weighted by Gasteiger charge is -2.27. The highest BCUT2D eigenvalue weighted by Crippen LogP contribution is 2.27. The van der Waals surface area contributed by atoms with E-state index in [1.807, 2.05) is 0 Å². The van der Waals surface area contributed by atoms with Gasteiger partial charge in [-0.25, -0.2) is 4.39 Å². The van der Waals surface area contributed by atoms with Crippen LogP contribution in [0.15, 0.2) is 66.7 Å². The summed E-state index contributed by atoms with van der Waals surface area (Å²) >= 11 is 0. The number of nitrogens with one attached hydrogen (secondary N) is 1. The van der Waals surface area contributed by atoms with Crippen molar-refractivity contribution in [2.75, 3.05) is 18.4 Å². The lowest BCUT2D eigenvalue weighted by Crippen LogP contribution is -2.40. The molecule has 0 saturated heterocycles. The first-order chi connectivity index (χ1) is 17.7. The fourth-order valence-electron chi connectivity index (χ4n) is 4.70. The van der Waals surface area contributed by atoms with E-state index < -0.39 is 16.0 Å². The highest BCUT2D eigenvalue weighted by atomic mass is 32.2. The van der Waals surface area contributed by atoms with Gasteiger partial charge in [-0.3, -0.25) is 9.10 Å². The van der Waals surface area contributed by atoms with Crippen molar-refractivity contribution in [2.24, 2.45) is 0 Å². The van der Waals surface area contributed by atoms with Crippen LogP contribution in [0.4, 0.5) is 10.1 Å². The van der Waals surface area contributed by atoms with Crippen LogP contribution in [0, 0.1) is 5.82 Å². The quantitative estimate of drug-likeness (QED) is 0.408. The minimum absolute atomic E-state index is 0.0335. The summed E-state index contributed by atoms with van der Waals surface area (Å²) in [5.41, 5.74) is 4.98. The maximum Gasteiger partial charge on any atom is 0.303 e. The number of hydrogen-bond acceptors (Lipinski definition) is 3. The molecule has 0 radical (unpaired) electrons. The third-order valence-electron chi connectivity index (χ3n) is 6.89. The van der Waals surface area contributed by atoms with E-state index in [0.717, 1.165) is 33.4 Å². The number of anilines is 1. The molecule has 1 atom stereocenters. The molecule has 196 valence electrons. The summed E-state index contributed by atoms with van der Waals surface area (Å²) in [5.74, 6) is -0.820. The molecule has 0 aliphatic heterocycles. The Balaban J connectivity index is 1.50. The zero-order chi connectivity index (χ0) is 26.6. The zero-order valence-corrected chi connectivity index (χ0v) is 22.4. The first kappa shape index (κ1) is 26.8. The molecule has 37 heavy (non-hydrogen) atoms. The van der Waals surface area contributed by atoms with E-state index in [0.29, 0.717) is 11.1 Å². The molecule has 3 aromatic rings. The number of fused-ring (bicyclic) bond motifs is 1. The number of carbonyl (C=O) groups excluding carboxylic acids is 1. The van der Waals surface area contributed by atoms with E-state index in [-0.39, 0.29) is 24.2 Å². The molecule has 0 aromatic heterocycles. The van der Waals surface area contributed by atoms with Crippen LogP contribution in [0.5, 0.6) is 0 Å². The number of aryl methyl sites for hydroxylation is 2. The van der Waals surface area contributed by atoms with Crippen LogP contribution in [0.25, 0.3) is 0 Å². The number of nitrogens with zero attached hydrogens (tertiary/aromatic N) is 2. The standard InChI is InChI=1S/C29H34FN3O3S/c1-4-27(25-18-17-22-9-5-6-10-24(22)19-25)31-29(34)23-15-13-21(14-16-23)20-33(37(35,36)32(2)3)28-12-8-7-11-26(28)30/h7-8,11-19,27H,4-6,9-10,20H2,1-3H3,(H,31,34)/t27-/m1/s1.